The van der Waals surface area contributed by atoms with Crippen LogP contribution in [0, 0.1) is 0 Å². The molecule has 11 aromatic rings. The van der Waals surface area contributed by atoms with Gasteiger partial charge in [-0.1, -0.05) is 158 Å². The van der Waals surface area contributed by atoms with Crippen molar-refractivity contribution < 1.29 is 8.83 Å². The fourth-order valence-electron chi connectivity index (χ4n) is 8.29. The van der Waals surface area contributed by atoms with Crippen LogP contribution in [0.4, 0.5) is 17.1 Å². The molecular weight excluding hydrogens is 671 g/mol. The van der Waals surface area contributed by atoms with Crippen molar-refractivity contribution in [2.24, 2.45) is 0 Å². The second kappa shape index (κ2) is 12.6. The maximum atomic E-state index is 6.99. The molecule has 258 valence electrons. The van der Waals surface area contributed by atoms with E-state index in [1.807, 2.05) is 12.1 Å². The lowest BCUT2D eigenvalue weighted by atomic mass is 9.93. The van der Waals surface area contributed by atoms with Crippen LogP contribution in [0.2, 0.25) is 0 Å². The molecule has 55 heavy (non-hydrogen) atoms. The van der Waals surface area contributed by atoms with E-state index in [4.69, 9.17) is 8.83 Å². The van der Waals surface area contributed by atoms with Crippen molar-refractivity contribution in [3.8, 4) is 33.4 Å². The zero-order valence-corrected chi connectivity index (χ0v) is 29.8. The molecule has 3 nitrogen and oxygen atoms in total. The minimum atomic E-state index is 0.827. The summed E-state index contributed by atoms with van der Waals surface area (Å²) >= 11 is 0. The Kier molecular flexibility index (Phi) is 7.17. The van der Waals surface area contributed by atoms with Gasteiger partial charge in [0, 0.05) is 27.4 Å². The Bertz CT molecular complexity index is 3180. The molecule has 0 fully saturated rings. The molecule has 0 unspecified atom stereocenters. The molecular formula is C52H33NO2. The van der Waals surface area contributed by atoms with E-state index in [0.29, 0.717) is 0 Å². The smallest absolute Gasteiger partial charge is 0.159 e. The standard InChI is InChI=1S/C52H33NO2/c1-3-13-34(14-4-1)36-25-27-38(28-26-36)49-41-18-8-7-17-39(41)33-44-50-45(21-12-24-48(50)55-52(44)49)53(40-31-29-37(30-32-40)35-15-5-2-6-16-35)46-22-11-20-43-42-19-9-10-23-47(42)54-51(43)46/h1-33H. The minimum Gasteiger partial charge on any atom is -0.455 e. The van der Waals surface area contributed by atoms with Crippen molar-refractivity contribution >= 4 is 71.7 Å². The Labute approximate surface area is 317 Å². The van der Waals surface area contributed by atoms with Gasteiger partial charge in [0.1, 0.15) is 16.7 Å². The number of fused-ring (bicyclic) bond motifs is 7. The fraction of sp³-hybridized carbons (Fsp3) is 0. The van der Waals surface area contributed by atoms with Crippen LogP contribution in [0.25, 0.3) is 88.0 Å². The SMILES string of the molecule is c1ccc(-c2ccc(-c3c4ccccc4cc4c3oc3cccc(N(c5ccc(-c6ccccc6)cc5)c5cccc6c5oc5ccccc56)c34)cc2)cc1. The highest BCUT2D eigenvalue weighted by atomic mass is 16.3. The molecule has 0 atom stereocenters. The normalized spacial score (nSPS) is 11.6. The van der Waals surface area contributed by atoms with Gasteiger partial charge in [-0.3, -0.25) is 0 Å². The van der Waals surface area contributed by atoms with Gasteiger partial charge in [0.25, 0.3) is 0 Å². The second-order valence-electron chi connectivity index (χ2n) is 14.0. The molecule has 0 saturated carbocycles. The van der Waals surface area contributed by atoms with Gasteiger partial charge in [-0.25, -0.2) is 0 Å². The van der Waals surface area contributed by atoms with Crippen LogP contribution in [0.15, 0.2) is 209 Å². The van der Waals surface area contributed by atoms with Crippen LogP contribution in [0.5, 0.6) is 0 Å². The Balaban J connectivity index is 1.17. The zero-order valence-electron chi connectivity index (χ0n) is 29.8. The third-order valence-corrected chi connectivity index (χ3v) is 10.9. The highest BCUT2D eigenvalue weighted by molar-refractivity contribution is 6.22. The molecule has 0 radical (unpaired) electrons. The van der Waals surface area contributed by atoms with Crippen molar-refractivity contribution in [1.82, 2.24) is 0 Å². The second-order valence-corrected chi connectivity index (χ2v) is 14.0. The fourth-order valence-corrected chi connectivity index (χ4v) is 8.29. The number of hydrogen-bond donors (Lipinski definition) is 0. The van der Waals surface area contributed by atoms with Gasteiger partial charge >= 0.3 is 0 Å². The van der Waals surface area contributed by atoms with E-state index >= 15 is 0 Å². The third kappa shape index (κ3) is 5.13. The van der Waals surface area contributed by atoms with E-state index in [1.165, 1.54) is 16.7 Å². The van der Waals surface area contributed by atoms with Gasteiger partial charge < -0.3 is 13.7 Å². The minimum absolute atomic E-state index is 0.827. The largest absolute Gasteiger partial charge is 0.455 e. The lowest BCUT2D eigenvalue weighted by Gasteiger charge is -2.26. The molecule has 2 heterocycles. The first-order chi connectivity index (χ1) is 27.3. The quantitative estimate of drug-likeness (QED) is 0.173. The van der Waals surface area contributed by atoms with Crippen molar-refractivity contribution in [3.05, 3.63) is 200 Å². The molecule has 0 aliphatic heterocycles. The summed E-state index contributed by atoms with van der Waals surface area (Å²) in [4.78, 5) is 2.33. The molecule has 11 rings (SSSR count). The van der Waals surface area contributed by atoms with Crippen molar-refractivity contribution in [2.75, 3.05) is 4.90 Å². The van der Waals surface area contributed by atoms with Crippen molar-refractivity contribution in [1.29, 1.82) is 0 Å². The number of hydrogen-bond acceptors (Lipinski definition) is 3. The number of benzene rings is 9. The molecule has 0 N–H and O–H groups in total. The van der Waals surface area contributed by atoms with Gasteiger partial charge in [-0.15, -0.1) is 0 Å². The number of para-hydroxylation sites is 2. The first kappa shape index (κ1) is 31.2. The topological polar surface area (TPSA) is 29.5 Å². The lowest BCUT2D eigenvalue weighted by Crippen LogP contribution is -2.10. The predicted octanol–water partition coefficient (Wildman–Crippen LogP) is 15.1. The van der Waals surface area contributed by atoms with E-state index in [0.717, 1.165) is 88.4 Å². The average molecular weight is 704 g/mol. The van der Waals surface area contributed by atoms with Crippen LogP contribution in [0.3, 0.4) is 0 Å². The van der Waals surface area contributed by atoms with Gasteiger partial charge in [0.15, 0.2) is 5.58 Å². The number of nitrogens with zero attached hydrogens (tertiary/aromatic N) is 1. The predicted molar refractivity (Wildman–Crippen MR) is 229 cm³/mol. The van der Waals surface area contributed by atoms with Gasteiger partial charge in [0.2, 0.25) is 0 Å². The lowest BCUT2D eigenvalue weighted by molar-refractivity contribution is 0.668. The van der Waals surface area contributed by atoms with E-state index in [-0.39, 0.29) is 0 Å². The van der Waals surface area contributed by atoms with E-state index in [1.54, 1.807) is 0 Å². The third-order valence-electron chi connectivity index (χ3n) is 10.9. The summed E-state index contributed by atoms with van der Waals surface area (Å²) in [6, 6.07) is 70.7. The maximum Gasteiger partial charge on any atom is 0.159 e. The number of anilines is 3. The molecule has 0 aliphatic rings. The molecule has 2 aromatic heterocycles. The molecule has 0 spiro atoms. The zero-order chi connectivity index (χ0) is 36.3. The summed E-state index contributed by atoms with van der Waals surface area (Å²) in [6.07, 6.45) is 0. The maximum absolute atomic E-state index is 6.99. The van der Waals surface area contributed by atoms with Gasteiger partial charge in [0.05, 0.1) is 16.8 Å². The van der Waals surface area contributed by atoms with Crippen LogP contribution < -0.4 is 4.90 Å². The number of furan rings is 2. The summed E-state index contributed by atoms with van der Waals surface area (Å²) in [5.74, 6) is 0. The first-order valence-corrected chi connectivity index (χ1v) is 18.7. The monoisotopic (exact) mass is 703 g/mol. The Hall–Kier alpha value is -7.36. The van der Waals surface area contributed by atoms with Gasteiger partial charge in [-0.05, 0) is 81.1 Å². The summed E-state index contributed by atoms with van der Waals surface area (Å²) in [6.45, 7) is 0. The Morgan fingerprint density at radius 1 is 0.327 bits per heavy atom. The van der Waals surface area contributed by atoms with Crippen LogP contribution in [-0.4, -0.2) is 0 Å². The Morgan fingerprint density at radius 3 is 1.60 bits per heavy atom. The Morgan fingerprint density at radius 2 is 0.855 bits per heavy atom. The molecule has 3 heteroatoms. The molecule has 0 aliphatic carbocycles. The average Bonchev–Trinajstić information content (AvgIpc) is 3.83. The summed E-state index contributed by atoms with van der Waals surface area (Å²) in [7, 11) is 0. The molecule has 9 aromatic carbocycles. The highest BCUT2D eigenvalue weighted by Crippen LogP contribution is 2.49. The van der Waals surface area contributed by atoms with Crippen molar-refractivity contribution in [2.45, 2.75) is 0 Å². The van der Waals surface area contributed by atoms with E-state index in [2.05, 4.69) is 193 Å². The summed E-state index contributed by atoms with van der Waals surface area (Å²) in [5, 5.41) is 6.60. The summed E-state index contributed by atoms with van der Waals surface area (Å²) in [5.41, 5.74) is 13.3. The van der Waals surface area contributed by atoms with Crippen LogP contribution in [0.1, 0.15) is 0 Å². The first-order valence-electron chi connectivity index (χ1n) is 18.7. The van der Waals surface area contributed by atoms with E-state index in [9.17, 15) is 0 Å². The molecule has 0 saturated heterocycles. The van der Waals surface area contributed by atoms with Crippen molar-refractivity contribution in [3.63, 3.8) is 0 Å². The highest BCUT2D eigenvalue weighted by Gasteiger charge is 2.25. The van der Waals surface area contributed by atoms with E-state index < -0.39 is 0 Å². The summed E-state index contributed by atoms with van der Waals surface area (Å²) < 4.78 is 13.7. The molecule has 0 amide bonds. The van der Waals surface area contributed by atoms with Gasteiger partial charge in [-0.2, -0.15) is 0 Å². The van der Waals surface area contributed by atoms with Crippen LogP contribution >= 0.6 is 0 Å². The van der Waals surface area contributed by atoms with Crippen LogP contribution in [-0.2, 0) is 0 Å². The molecule has 0 bridgehead atoms. The number of rotatable bonds is 6.